The number of imidazole rings is 1. The van der Waals surface area contributed by atoms with E-state index in [9.17, 15) is 0 Å². The third-order valence-electron chi connectivity index (χ3n) is 4.00. The number of benzene rings is 1. The minimum atomic E-state index is -0.0222. The summed E-state index contributed by atoms with van der Waals surface area (Å²) in [5.74, 6) is 1.36. The fraction of sp³-hybridized carbons (Fsp3) is 0.500. The lowest BCUT2D eigenvalue weighted by Gasteiger charge is -2.36. The van der Waals surface area contributed by atoms with Crippen LogP contribution in [0.25, 0.3) is 11.0 Å². The SMILES string of the molecule is COc1ccc2c(c1)nc(N)n2C1(C)CCOCC1. The van der Waals surface area contributed by atoms with E-state index < -0.39 is 0 Å². The van der Waals surface area contributed by atoms with Crippen molar-refractivity contribution in [1.29, 1.82) is 0 Å². The molecule has 2 aromatic rings. The standard InChI is InChI=1S/C14H19N3O2/c1-14(5-7-19-8-6-14)17-12-4-3-10(18-2)9-11(12)16-13(17)15/h3-4,9H,5-8H2,1-2H3,(H2,15,16). The van der Waals surface area contributed by atoms with Gasteiger partial charge in [0.05, 0.1) is 18.1 Å². The Balaban J connectivity index is 2.15. The number of nitrogen functional groups attached to an aromatic ring is 1. The molecule has 1 saturated heterocycles. The fourth-order valence-electron chi connectivity index (χ4n) is 2.81. The highest BCUT2D eigenvalue weighted by molar-refractivity contribution is 5.80. The number of nitrogens with zero attached hydrogens (tertiary/aromatic N) is 2. The third-order valence-corrected chi connectivity index (χ3v) is 4.00. The van der Waals surface area contributed by atoms with Gasteiger partial charge in [0, 0.05) is 24.8 Å². The van der Waals surface area contributed by atoms with Crippen LogP contribution in [0.4, 0.5) is 5.95 Å². The van der Waals surface area contributed by atoms with Crippen molar-refractivity contribution in [2.24, 2.45) is 0 Å². The topological polar surface area (TPSA) is 62.3 Å². The molecular formula is C14H19N3O2. The molecule has 1 aromatic heterocycles. The Bertz CT molecular complexity index is 600. The summed E-state index contributed by atoms with van der Waals surface area (Å²) < 4.78 is 12.8. The van der Waals surface area contributed by atoms with Gasteiger partial charge < -0.3 is 19.8 Å². The summed E-state index contributed by atoms with van der Waals surface area (Å²) in [5.41, 5.74) is 8.05. The van der Waals surface area contributed by atoms with Gasteiger partial charge in [-0.3, -0.25) is 0 Å². The maximum Gasteiger partial charge on any atom is 0.201 e. The molecule has 5 nitrogen and oxygen atoms in total. The third kappa shape index (κ3) is 1.94. The Morgan fingerprint density at radius 2 is 2.11 bits per heavy atom. The Hall–Kier alpha value is -1.75. The van der Waals surface area contributed by atoms with E-state index in [1.165, 1.54) is 0 Å². The van der Waals surface area contributed by atoms with Gasteiger partial charge in [-0.05, 0) is 31.9 Å². The molecule has 0 unspecified atom stereocenters. The molecule has 5 heteroatoms. The first-order valence-corrected chi connectivity index (χ1v) is 6.54. The van der Waals surface area contributed by atoms with Crippen LogP contribution in [0, 0.1) is 0 Å². The van der Waals surface area contributed by atoms with Crippen molar-refractivity contribution in [3.63, 3.8) is 0 Å². The maximum atomic E-state index is 6.13. The number of nitrogens with two attached hydrogens (primary N) is 1. The summed E-state index contributed by atoms with van der Waals surface area (Å²) in [6.07, 6.45) is 1.91. The summed E-state index contributed by atoms with van der Waals surface area (Å²) in [6.45, 7) is 3.76. The van der Waals surface area contributed by atoms with Crippen molar-refractivity contribution >= 4 is 17.0 Å². The highest BCUT2D eigenvalue weighted by Gasteiger charge is 2.32. The van der Waals surface area contributed by atoms with Gasteiger partial charge in [0.25, 0.3) is 0 Å². The van der Waals surface area contributed by atoms with Gasteiger partial charge in [-0.25, -0.2) is 4.98 Å². The van der Waals surface area contributed by atoms with Crippen LogP contribution in [0.15, 0.2) is 18.2 Å². The van der Waals surface area contributed by atoms with Gasteiger partial charge in [0.15, 0.2) is 0 Å². The van der Waals surface area contributed by atoms with E-state index in [0.717, 1.165) is 42.8 Å². The van der Waals surface area contributed by atoms with Crippen LogP contribution in [0.5, 0.6) is 5.75 Å². The summed E-state index contributed by atoms with van der Waals surface area (Å²) >= 11 is 0. The Kier molecular flexibility index (Phi) is 2.86. The Labute approximate surface area is 112 Å². The molecule has 0 bridgehead atoms. The summed E-state index contributed by atoms with van der Waals surface area (Å²) in [6, 6.07) is 5.89. The number of aromatic nitrogens is 2. The van der Waals surface area contributed by atoms with Crippen LogP contribution in [0.2, 0.25) is 0 Å². The second-order valence-corrected chi connectivity index (χ2v) is 5.27. The first kappa shape index (κ1) is 12.3. The average Bonchev–Trinajstić information content (AvgIpc) is 2.74. The Morgan fingerprint density at radius 1 is 1.37 bits per heavy atom. The van der Waals surface area contributed by atoms with Crippen molar-refractivity contribution in [3.8, 4) is 5.75 Å². The number of anilines is 1. The minimum absolute atomic E-state index is 0.0222. The molecule has 0 amide bonds. The van der Waals surface area contributed by atoms with Gasteiger partial charge in [-0.15, -0.1) is 0 Å². The van der Waals surface area contributed by atoms with E-state index in [1.807, 2.05) is 18.2 Å². The highest BCUT2D eigenvalue weighted by atomic mass is 16.5. The molecule has 1 aliphatic rings. The molecule has 0 aliphatic carbocycles. The quantitative estimate of drug-likeness (QED) is 0.899. The number of fused-ring (bicyclic) bond motifs is 1. The van der Waals surface area contributed by atoms with Crippen LogP contribution in [-0.2, 0) is 10.3 Å². The maximum absolute atomic E-state index is 6.13. The number of methoxy groups -OCH3 is 1. The van der Waals surface area contributed by atoms with Gasteiger partial charge in [0.1, 0.15) is 5.75 Å². The van der Waals surface area contributed by atoms with Crippen molar-refractivity contribution in [1.82, 2.24) is 9.55 Å². The number of ether oxygens (including phenoxy) is 2. The number of rotatable bonds is 2. The van der Waals surface area contributed by atoms with Crippen LogP contribution >= 0.6 is 0 Å². The molecule has 0 saturated carbocycles. The molecule has 0 radical (unpaired) electrons. The van der Waals surface area contributed by atoms with Gasteiger partial charge in [-0.2, -0.15) is 0 Å². The molecule has 1 aromatic carbocycles. The summed E-state index contributed by atoms with van der Waals surface area (Å²) in [5, 5.41) is 0. The average molecular weight is 261 g/mol. The van der Waals surface area contributed by atoms with Gasteiger partial charge in [-0.1, -0.05) is 0 Å². The molecule has 19 heavy (non-hydrogen) atoms. The molecule has 1 fully saturated rings. The van der Waals surface area contributed by atoms with Crippen LogP contribution in [0.3, 0.4) is 0 Å². The van der Waals surface area contributed by atoms with Crippen molar-refractivity contribution in [3.05, 3.63) is 18.2 Å². The van der Waals surface area contributed by atoms with Gasteiger partial charge in [0.2, 0.25) is 5.95 Å². The molecular weight excluding hydrogens is 242 g/mol. The molecule has 1 aliphatic heterocycles. The van der Waals surface area contributed by atoms with Crippen molar-refractivity contribution in [2.75, 3.05) is 26.1 Å². The zero-order valence-corrected chi connectivity index (χ0v) is 11.3. The van der Waals surface area contributed by atoms with Crippen molar-refractivity contribution < 1.29 is 9.47 Å². The summed E-state index contributed by atoms with van der Waals surface area (Å²) in [7, 11) is 1.65. The van der Waals surface area contributed by atoms with E-state index >= 15 is 0 Å². The lowest BCUT2D eigenvalue weighted by atomic mass is 9.92. The molecule has 0 spiro atoms. The largest absolute Gasteiger partial charge is 0.497 e. The second kappa shape index (κ2) is 4.42. The fourth-order valence-corrected chi connectivity index (χ4v) is 2.81. The molecule has 2 heterocycles. The molecule has 0 atom stereocenters. The number of hydrogen-bond acceptors (Lipinski definition) is 4. The predicted molar refractivity (Wildman–Crippen MR) is 74.4 cm³/mol. The van der Waals surface area contributed by atoms with E-state index in [2.05, 4.69) is 16.5 Å². The van der Waals surface area contributed by atoms with E-state index in [1.54, 1.807) is 7.11 Å². The lowest BCUT2D eigenvalue weighted by Crippen LogP contribution is -2.37. The first-order chi connectivity index (χ1) is 9.14. The number of hydrogen-bond donors (Lipinski definition) is 1. The zero-order chi connectivity index (χ0) is 13.5. The van der Waals surface area contributed by atoms with Crippen LogP contribution in [0.1, 0.15) is 19.8 Å². The van der Waals surface area contributed by atoms with E-state index in [4.69, 9.17) is 15.2 Å². The van der Waals surface area contributed by atoms with Gasteiger partial charge >= 0.3 is 0 Å². The highest BCUT2D eigenvalue weighted by Crippen LogP contribution is 2.35. The molecule has 3 rings (SSSR count). The summed E-state index contributed by atoms with van der Waals surface area (Å²) in [4.78, 5) is 4.46. The smallest absolute Gasteiger partial charge is 0.201 e. The van der Waals surface area contributed by atoms with Crippen LogP contribution in [-0.4, -0.2) is 29.9 Å². The second-order valence-electron chi connectivity index (χ2n) is 5.27. The normalized spacial score (nSPS) is 18.6. The van der Waals surface area contributed by atoms with Crippen molar-refractivity contribution in [2.45, 2.75) is 25.3 Å². The van der Waals surface area contributed by atoms with Crippen LogP contribution < -0.4 is 10.5 Å². The lowest BCUT2D eigenvalue weighted by molar-refractivity contribution is 0.0320. The first-order valence-electron chi connectivity index (χ1n) is 6.54. The molecule has 2 N–H and O–H groups in total. The zero-order valence-electron chi connectivity index (χ0n) is 11.3. The predicted octanol–water partition coefficient (Wildman–Crippen LogP) is 2.15. The Morgan fingerprint density at radius 3 is 2.79 bits per heavy atom. The monoisotopic (exact) mass is 261 g/mol. The molecule has 102 valence electrons. The minimum Gasteiger partial charge on any atom is -0.497 e. The van der Waals surface area contributed by atoms with E-state index in [0.29, 0.717) is 5.95 Å². The van der Waals surface area contributed by atoms with E-state index in [-0.39, 0.29) is 5.54 Å².